The van der Waals surface area contributed by atoms with E-state index in [2.05, 4.69) is 26.6 Å². The van der Waals surface area contributed by atoms with Gasteiger partial charge in [-0.2, -0.15) is 5.26 Å². The number of hydrogen-bond acceptors (Lipinski definition) is 3. The molecule has 1 aromatic rings. The zero-order valence-corrected chi connectivity index (χ0v) is 10.6. The van der Waals surface area contributed by atoms with Crippen molar-refractivity contribution in [2.45, 2.75) is 6.42 Å². The molecular formula is C11H11BrFN3O. The molecule has 1 aromatic carbocycles. The number of anilines is 1. The van der Waals surface area contributed by atoms with Gasteiger partial charge in [0.1, 0.15) is 5.82 Å². The van der Waals surface area contributed by atoms with Crippen LogP contribution >= 0.6 is 15.9 Å². The quantitative estimate of drug-likeness (QED) is 0.818. The molecule has 90 valence electrons. The number of nitrogens with zero attached hydrogens (tertiary/aromatic N) is 1. The Labute approximate surface area is 107 Å². The molecule has 0 radical (unpaired) electrons. The highest BCUT2D eigenvalue weighted by Crippen LogP contribution is 2.22. The van der Waals surface area contributed by atoms with E-state index >= 15 is 0 Å². The average molecular weight is 300 g/mol. The predicted octanol–water partition coefficient (Wildman–Crippen LogP) is 2.03. The van der Waals surface area contributed by atoms with Crippen LogP contribution in [0.4, 0.5) is 10.1 Å². The number of carbonyl (C=O) groups excluding carboxylic acids is 1. The molecule has 1 amide bonds. The van der Waals surface area contributed by atoms with Crippen molar-refractivity contribution in [1.82, 2.24) is 5.32 Å². The molecule has 17 heavy (non-hydrogen) atoms. The molecule has 0 aliphatic rings. The van der Waals surface area contributed by atoms with Crippen LogP contribution in [0.5, 0.6) is 0 Å². The molecule has 1 rings (SSSR count). The third-order valence-corrected chi connectivity index (χ3v) is 2.59. The summed E-state index contributed by atoms with van der Waals surface area (Å²) in [7, 11) is 0. The Hall–Kier alpha value is -1.61. The third-order valence-electron chi connectivity index (χ3n) is 1.93. The van der Waals surface area contributed by atoms with Crippen molar-refractivity contribution in [2.75, 3.05) is 18.4 Å². The molecule has 0 aromatic heterocycles. The second kappa shape index (κ2) is 6.86. The first kappa shape index (κ1) is 13.5. The van der Waals surface area contributed by atoms with Crippen molar-refractivity contribution in [1.29, 1.82) is 5.26 Å². The van der Waals surface area contributed by atoms with E-state index in [9.17, 15) is 9.18 Å². The molecular weight excluding hydrogens is 289 g/mol. The van der Waals surface area contributed by atoms with Crippen LogP contribution in [0.3, 0.4) is 0 Å². The number of rotatable bonds is 5. The highest BCUT2D eigenvalue weighted by atomic mass is 79.9. The van der Waals surface area contributed by atoms with Gasteiger partial charge in [-0.1, -0.05) is 0 Å². The lowest BCUT2D eigenvalue weighted by Crippen LogP contribution is -2.30. The largest absolute Gasteiger partial charge is 0.375 e. The lowest BCUT2D eigenvalue weighted by atomic mass is 10.3. The van der Waals surface area contributed by atoms with Crippen LogP contribution in [0, 0.1) is 17.1 Å². The van der Waals surface area contributed by atoms with Crippen molar-refractivity contribution >= 4 is 27.5 Å². The van der Waals surface area contributed by atoms with Gasteiger partial charge in [0, 0.05) is 16.7 Å². The summed E-state index contributed by atoms with van der Waals surface area (Å²) in [6, 6.07) is 6.09. The number of amides is 1. The molecule has 0 bridgehead atoms. The number of carbonyl (C=O) groups is 1. The van der Waals surface area contributed by atoms with Crippen LogP contribution in [0.2, 0.25) is 0 Å². The maximum Gasteiger partial charge on any atom is 0.239 e. The summed E-state index contributed by atoms with van der Waals surface area (Å²) in [5.41, 5.74) is 0.641. The number of nitriles is 1. The summed E-state index contributed by atoms with van der Waals surface area (Å²) in [6.07, 6.45) is 0.284. The molecule has 2 N–H and O–H groups in total. The second-order valence-electron chi connectivity index (χ2n) is 3.24. The van der Waals surface area contributed by atoms with Crippen LogP contribution in [0.1, 0.15) is 6.42 Å². The van der Waals surface area contributed by atoms with Crippen LogP contribution < -0.4 is 10.6 Å². The van der Waals surface area contributed by atoms with Gasteiger partial charge in [0.25, 0.3) is 0 Å². The Balaban J connectivity index is 2.40. The summed E-state index contributed by atoms with van der Waals surface area (Å²) < 4.78 is 13.3. The van der Waals surface area contributed by atoms with Crippen LogP contribution in [0.15, 0.2) is 22.7 Å². The van der Waals surface area contributed by atoms with Gasteiger partial charge in [0.15, 0.2) is 0 Å². The first-order chi connectivity index (χ1) is 8.13. The Morgan fingerprint density at radius 3 is 2.94 bits per heavy atom. The summed E-state index contributed by atoms with van der Waals surface area (Å²) >= 11 is 3.18. The van der Waals surface area contributed by atoms with Gasteiger partial charge >= 0.3 is 0 Å². The van der Waals surface area contributed by atoms with E-state index in [0.717, 1.165) is 0 Å². The minimum atomic E-state index is -0.346. The fraction of sp³-hybridized carbons (Fsp3) is 0.273. The van der Waals surface area contributed by atoms with Gasteiger partial charge < -0.3 is 10.6 Å². The predicted molar refractivity (Wildman–Crippen MR) is 65.8 cm³/mol. The van der Waals surface area contributed by atoms with Crippen LogP contribution in [-0.2, 0) is 4.79 Å². The Morgan fingerprint density at radius 2 is 2.29 bits per heavy atom. The van der Waals surface area contributed by atoms with Crippen LogP contribution in [0.25, 0.3) is 0 Å². The van der Waals surface area contributed by atoms with Gasteiger partial charge in [-0.15, -0.1) is 0 Å². The van der Waals surface area contributed by atoms with Crippen molar-refractivity contribution in [3.63, 3.8) is 0 Å². The highest BCUT2D eigenvalue weighted by Gasteiger charge is 2.04. The number of halogens is 2. The lowest BCUT2D eigenvalue weighted by Gasteiger charge is -2.08. The lowest BCUT2D eigenvalue weighted by molar-refractivity contribution is -0.119. The second-order valence-corrected chi connectivity index (χ2v) is 4.09. The first-order valence-electron chi connectivity index (χ1n) is 4.96. The van der Waals surface area contributed by atoms with E-state index < -0.39 is 0 Å². The SMILES string of the molecule is N#CCCNC(=O)CNc1ccc(F)cc1Br. The maximum absolute atomic E-state index is 12.8. The monoisotopic (exact) mass is 299 g/mol. The van der Waals surface area contributed by atoms with Crippen molar-refractivity contribution in [3.8, 4) is 6.07 Å². The van der Waals surface area contributed by atoms with E-state index in [0.29, 0.717) is 16.7 Å². The van der Waals surface area contributed by atoms with Gasteiger partial charge in [-0.25, -0.2) is 4.39 Å². The Morgan fingerprint density at radius 1 is 1.53 bits per heavy atom. The highest BCUT2D eigenvalue weighted by molar-refractivity contribution is 9.10. The minimum Gasteiger partial charge on any atom is -0.375 e. The van der Waals surface area contributed by atoms with Crippen molar-refractivity contribution in [3.05, 3.63) is 28.5 Å². The zero-order valence-electron chi connectivity index (χ0n) is 8.96. The molecule has 0 spiro atoms. The molecule has 0 atom stereocenters. The summed E-state index contributed by atoms with van der Waals surface area (Å²) in [4.78, 5) is 11.3. The number of benzene rings is 1. The van der Waals surface area contributed by atoms with Gasteiger partial charge in [-0.3, -0.25) is 4.79 Å². The molecule has 0 aliphatic carbocycles. The Bertz CT molecular complexity index is 445. The molecule has 0 saturated heterocycles. The maximum atomic E-state index is 12.8. The summed E-state index contributed by atoms with van der Waals surface area (Å²) in [6.45, 7) is 0.414. The zero-order chi connectivity index (χ0) is 12.7. The van der Waals surface area contributed by atoms with Crippen molar-refractivity contribution in [2.24, 2.45) is 0 Å². The fourth-order valence-electron chi connectivity index (χ4n) is 1.13. The molecule has 0 fully saturated rings. The third kappa shape index (κ3) is 4.83. The standard InChI is InChI=1S/C11H11BrFN3O/c12-9-6-8(13)2-3-10(9)16-7-11(17)15-5-1-4-14/h2-3,6,16H,1,5,7H2,(H,15,17). The topological polar surface area (TPSA) is 64.9 Å². The summed E-state index contributed by atoms with van der Waals surface area (Å²) in [5, 5.41) is 13.7. The number of hydrogen-bond donors (Lipinski definition) is 2. The van der Waals surface area contributed by atoms with E-state index in [-0.39, 0.29) is 24.7 Å². The molecule has 6 heteroatoms. The van der Waals surface area contributed by atoms with Gasteiger partial charge in [0.2, 0.25) is 5.91 Å². The molecule has 4 nitrogen and oxygen atoms in total. The normalized spacial score (nSPS) is 9.47. The molecule has 0 unspecified atom stereocenters. The fourth-order valence-corrected chi connectivity index (χ4v) is 1.62. The smallest absolute Gasteiger partial charge is 0.239 e. The summed E-state index contributed by atoms with van der Waals surface area (Å²) in [5.74, 6) is -0.558. The van der Waals surface area contributed by atoms with Crippen molar-refractivity contribution < 1.29 is 9.18 Å². The molecule has 0 heterocycles. The van der Waals surface area contributed by atoms with E-state index in [1.54, 1.807) is 6.07 Å². The van der Waals surface area contributed by atoms with E-state index in [1.165, 1.54) is 12.1 Å². The molecule has 0 aliphatic heterocycles. The van der Waals surface area contributed by atoms with Gasteiger partial charge in [-0.05, 0) is 34.1 Å². The van der Waals surface area contributed by atoms with E-state index in [4.69, 9.17) is 5.26 Å². The Kier molecular flexibility index (Phi) is 5.43. The average Bonchev–Trinajstić information content (AvgIpc) is 2.28. The van der Waals surface area contributed by atoms with Crippen LogP contribution in [-0.4, -0.2) is 19.0 Å². The van der Waals surface area contributed by atoms with Gasteiger partial charge in [0.05, 0.1) is 19.0 Å². The first-order valence-corrected chi connectivity index (χ1v) is 5.75. The number of nitrogens with one attached hydrogen (secondary N) is 2. The van der Waals surface area contributed by atoms with E-state index in [1.807, 2.05) is 6.07 Å². The minimum absolute atomic E-state index is 0.0790. The molecule has 0 saturated carbocycles.